The van der Waals surface area contributed by atoms with Crippen molar-refractivity contribution >= 4 is 28.6 Å². The monoisotopic (exact) mass is 376 g/mol. The van der Waals surface area contributed by atoms with Gasteiger partial charge in [0.15, 0.2) is 5.17 Å². The molecule has 136 valence electrons. The molecule has 2 aromatic rings. The van der Waals surface area contributed by atoms with Crippen molar-refractivity contribution in [1.82, 2.24) is 4.90 Å². The molecule has 2 aliphatic heterocycles. The van der Waals surface area contributed by atoms with Gasteiger partial charge < -0.3 is 4.74 Å². The van der Waals surface area contributed by atoms with E-state index in [1.54, 1.807) is 11.8 Å². The standard InChI is InChI=1S/C22H20N2O2S/c1-3-26-21(25)19-15(2)24-18(16-10-6-4-7-11-16)14-27-22(24)23-20(19)17-12-8-5-9-13-17/h4-14,20H,3H2,1-2H3/t20-/m1/s1. The van der Waals surface area contributed by atoms with Gasteiger partial charge in [-0.15, -0.1) is 0 Å². The molecule has 4 rings (SSSR count). The van der Waals surface area contributed by atoms with Crippen LogP contribution in [-0.2, 0) is 9.53 Å². The van der Waals surface area contributed by atoms with E-state index in [2.05, 4.69) is 22.4 Å². The van der Waals surface area contributed by atoms with Gasteiger partial charge in [0.05, 0.1) is 17.9 Å². The fourth-order valence-corrected chi connectivity index (χ4v) is 4.34. The molecule has 0 bridgehead atoms. The molecule has 5 heteroatoms. The summed E-state index contributed by atoms with van der Waals surface area (Å²) in [6, 6.07) is 19.7. The average Bonchev–Trinajstić information content (AvgIpc) is 3.14. The molecule has 2 aromatic carbocycles. The fourth-order valence-electron chi connectivity index (χ4n) is 3.37. The zero-order chi connectivity index (χ0) is 18.8. The third-order valence-corrected chi connectivity index (χ3v) is 5.47. The lowest BCUT2D eigenvalue weighted by Crippen LogP contribution is -2.31. The molecule has 0 N–H and O–H groups in total. The van der Waals surface area contributed by atoms with Crippen LogP contribution in [0, 0.1) is 0 Å². The summed E-state index contributed by atoms with van der Waals surface area (Å²) in [4.78, 5) is 19.8. The summed E-state index contributed by atoms with van der Waals surface area (Å²) in [5.74, 6) is -0.309. The summed E-state index contributed by atoms with van der Waals surface area (Å²) in [6.45, 7) is 4.13. The number of hydrogen-bond donors (Lipinski definition) is 0. The number of carbonyl (C=O) groups is 1. The first kappa shape index (κ1) is 17.6. The van der Waals surface area contributed by atoms with E-state index in [0.29, 0.717) is 12.2 Å². The maximum Gasteiger partial charge on any atom is 0.338 e. The molecule has 0 amide bonds. The molecule has 27 heavy (non-hydrogen) atoms. The Kier molecular flexibility index (Phi) is 4.86. The molecule has 2 heterocycles. The van der Waals surface area contributed by atoms with E-state index >= 15 is 0 Å². The maximum atomic E-state index is 12.8. The van der Waals surface area contributed by atoms with Gasteiger partial charge in [0.1, 0.15) is 6.04 Å². The fraction of sp³-hybridized carbons (Fsp3) is 0.182. The van der Waals surface area contributed by atoms with Crippen molar-refractivity contribution in [2.45, 2.75) is 19.9 Å². The van der Waals surface area contributed by atoms with Crippen LogP contribution in [0.3, 0.4) is 0 Å². The molecular weight excluding hydrogens is 356 g/mol. The zero-order valence-corrected chi connectivity index (χ0v) is 16.1. The van der Waals surface area contributed by atoms with Crippen LogP contribution in [0.2, 0.25) is 0 Å². The predicted octanol–water partition coefficient (Wildman–Crippen LogP) is 4.98. The number of aliphatic imine (C=N–C) groups is 1. The molecule has 4 nitrogen and oxygen atoms in total. The molecule has 0 unspecified atom stereocenters. The van der Waals surface area contributed by atoms with Gasteiger partial charge in [0.25, 0.3) is 0 Å². The Morgan fingerprint density at radius 3 is 2.44 bits per heavy atom. The number of nitrogens with zero attached hydrogens (tertiary/aromatic N) is 2. The van der Waals surface area contributed by atoms with E-state index in [9.17, 15) is 4.79 Å². The third kappa shape index (κ3) is 3.19. The van der Waals surface area contributed by atoms with Crippen LogP contribution in [0.15, 0.2) is 82.3 Å². The summed E-state index contributed by atoms with van der Waals surface area (Å²) < 4.78 is 5.37. The van der Waals surface area contributed by atoms with Crippen molar-refractivity contribution in [3.05, 3.63) is 88.5 Å². The van der Waals surface area contributed by atoms with Crippen LogP contribution in [-0.4, -0.2) is 22.6 Å². The van der Waals surface area contributed by atoms with Crippen LogP contribution >= 0.6 is 11.8 Å². The van der Waals surface area contributed by atoms with Crippen molar-refractivity contribution < 1.29 is 9.53 Å². The summed E-state index contributed by atoms with van der Waals surface area (Å²) in [7, 11) is 0. The van der Waals surface area contributed by atoms with Crippen molar-refractivity contribution in [2.75, 3.05) is 6.61 Å². The number of fused-ring (bicyclic) bond motifs is 1. The predicted molar refractivity (Wildman–Crippen MR) is 110 cm³/mol. The average molecular weight is 376 g/mol. The van der Waals surface area contributed by atoms with Gasteiger partial charge in [-0.05, 0) is 25.0 Å². The number of esters is 1. The van der Waals surface area contributed by atoms with E-state index in [1.807, 2.05) is 62.4 Å². The maximum absolute atomic E-state index is 12.8. The van der Waals surface area contributed by atoms with E-state index in [-0.39, 0.29) is 12.0 Å². The Morgan fingerprint density at radius 2 is 1.78 bits per heavy atom. The first-order valence-corrected chi connectivity index (χ1v) is 9.81. The summed E-state index contributed by atoms with van der Waals surface area (Å²) in [5, 5.41) is 2.97. The van der Waals surface area contributed by atoms with Crippen LogP contribution in [0.25, 0.3) is 5.70 Å². The Labute approximate surface area is 163 Å². The highest BCUT2D eigenvalue weighted by Gasteiger charge is 2.37. The molecular formula is C22H20N2O2S. The molecule has 0 radical (unpaired) electrons. The molecule has 0 aromatic heterocycles. The van der Waals surface area contributed by atoms with Crippen LogP contribution in [0.5, 0.6) is 0 Å². The van der Waals surface area contributed by atoms with E-state index in [0.717, 1.165) is 27.7 Å². The quantitative estimate of drug-likeness (QED) is 0.706. The number of benzene rings is 2. The number of ether oxygens (including phenoxy) is 1. The Balaban J connectivity index is 1.81. The third-order valence-electron chi connectivity index (χ3n) is 4.63. The van der Waals surface area contributed by atoms with E-state index in [4.69, 9.17) is 9.73 Å². The normalized spacial score (nSPS) is 18.7. The first-order chi connectivity index (χ1) is 13.2. The summed E-state index contributed by atoms with van der Waals surface area (Å²) in [6.07, 6.45) is 0. The number of amidine groups is 1. The number of allylic oxidation sites excluding steroid dienone is 1. The van der Waals surface area contributed by atoms with E-state index in [1.165, 1.54) is 0 Å². The first-order valence-electron chi connectivity index (χ1n) is 8.93. The zero-order valence-electron chi connectivity index (χ0n) is 15.3. The number of thioether (sulfide) groups is 1. The topological polar surface area (TPSA) is 41.9 Å². The minimum absolute atomic E-state index is 0.309. The summed E-state index contributed by atoms with van der Waals surface area (Å²) >= 11 is 1.59. The van der Waals surface area contributed by atoms with Gasteiger partial charge in [-0.2, -0.15) is 0 Å². The molecule has 2 aliphatic rings. The highest BCUT2D eigenvalue weighted by atomic mass is 32.2. The van der Waals surface area contributed by atoms with Gasteiger partial charge in [-0.1, -0.05) is 72.4 Å². The van der Waals surface area contributed by atoms with Gasteiger partial charge in [-0.3, -0.25) is 4.90 Å². The van der Waals surface area contributed by atoms with Crippen LogP contribution in [0.4, 0.5) is 0 Å². The molecule has 0 saturated heterocycles. The lowest BCUT2D eigenvalue weighted by Gasteiger charge is -2.32. The Bertz CT molecular complexity index is 949. The Morgan fingerprint density at radius 1 is 1.11 bits per heavy atom. The lowest BCUT2D eigenvalue weighted by molar-refractivity contribution is -0.139. The second kappa shape index (κ2) is 7.45. The highest BCUT2D eigenvalue weighted by molar-refractivity contribution is 8.16. The van der Waals surface area contributed by atoms with Crippen molar-refractivity contribution in [3.63, 3.8) is 0 Å². The molecule has 0 aliphatic carbocycles. The minimum atomic E-state index is -0.354. The van der Waals surface area contributed by atoms with Gasteiger partial charge in [-0.25, -0.2) is 9.79 Å². The van der Waals surface area contributed by atoms with Gasteiger partial charge in [0.2, 0.25) is 0 Å². The second-order valence-electron chi connectivity index (χ2n) is 6.27. The molecule has 0 saturated carbocycles. The molecule has 1 atom stereocenters. The van der Waals surface area contributed by atoms with Crippen molar-refractivity contribution in [2.24, 2.45) is 4.99 Å². The Hall–Kier alpha value is -2.79. The van der Waals surface area contributed by atoms with E-state index < -0.39 is 0 Å². The van der Waals surface area contributed by atoms with Gasteiger partial charge >= 0.3 is 5.97 Å². The largest absolute Gasteiger partial charge is 0.463 e. The number of hydrogen-bond acceptors (Lipinski definition) is 5. The lowest BCUT2D eigenvalue weighted by atomic mass is 9.95. The van der Waals surface area contributed by atoms with Gasteiger partial charge in [0, 0.05) is 11.1 Å². The number of carbonyl (C=O) groups excluding carboxylic acids is 1. The van der Waals surface area contributed by atoms with Crippen LogP contribution < -0.4 is 0 Å². The minimum Gasteiger partial charge on any atom is -0.463 e. The van der Waals surface area contributed by atoms with Crippen molar-refractivity contribution in [3.8, 4) is 0 Å². The summed E-state index contributed by atoms with van der Waals surface area (Å²) in [5.41, 5.74) is 4.57. The highest BCUT2D eigenvalue weighted by Crippen LogP contribution is 2.44. The smallest absolute Gasteiger partial charge is 0.338 e. The van der Waals surface area contributed by atoms with Crippen molar-refractivity contribution in [1.29, 1.82) is 0 Å². The second-order valence-corrected chi connectivity index (χ2v) is 7.10. The SMILES string of the molecule is CCOC(=O)C1=C(C)N2C(c3ccccc3)=CSC2=N[C@@H]1c1ccccc1. The molecule has 0 fully saturated rings. The van der Waals surface area contributed by atoms with Crippen LogP contribution in [0.1, 0.15) is 31.0 Å². The number of rotatable bonds is 4. The molecule has 0 spiro atoms.